The summed E-state index contributed by atoms with van der Waals surface area (Å²) in [6, 6.07) is 12.0. The first-order chi connectivity index (χ1) is 10.4. The van der Waals surface area contributed by atoms with Crippen LogP contribution in [0.1, 0.15) is 15.9 Å². The van der Waals surface area contributed by atoms with Crippen molar-refractivity contribution < 1.29 is 4.79 Å². The van der Waals surface area contributed by atoms with E-state index in [4.69, 9.17) is 41.2 Å². The van der Waals surface area contributed by atoms with Crippen LogP contribution in [0.4, 0.5) is 5.69 Å². The molecule has 0 spiro atoms. The molecular weight excluding hydrogens is 341 g/mol. The second kappa shape index (κ2) is 7.45. The van der Waals surface area contributed by atoms with E-state index in [-0.39, 0.29) is 0 Å². The number of thiocarbonyl (C=S) groups is 1. The Morgan fingerprint density at radius 1 is 1.09 bits per heavy atom. The normalized spacial score (nSPS) is 10.1. The van der Waals surface area contributed by atoms with E-state index in [9.17, 15) is 4.79 Å². The fourth-order valence-electron chi connectivity index (χ4n) is 1.79. The maximum absolute atomic E-state index is 11.0. The number of hydrogen-bond acceptors (Lipinski definition) is 2. The lowest BCUT2D eigenvalue weighted by molar-refractivity contribution is 0.100. The van der Waals surface area contributed by atoms with E-state index < -0.39 is 5.91 Å². The third kappa shape index (κ3) is 4.87. The minimum Gasteiger partial charge on any atom is -0.366 e. The number of benzene rings is 2. The van der Waals surface area contributed by atoms with Gasteiger partial charge in [-0.15, -0.1) is 0 Å². The van der Waals surface area contributed by atoms with Gasteiger partial charge in [0.1, 0.15) is 0 Å². The molecular formula is C15H13Cl2N3OS. The fourth-order valence-corrected chi connectivity index (χ4v) is 2.55. The van der Waals surface area contributed by atoms with E-state index in [2.05, 4.69) is 10.6 Å². The summed E-state index contributed by atoms with van der Waals surface area (Å²) >= 11 is 17.1. The van der Waals surface area contributed by atoms with Gasteiger partial charge in [0.15, 0.2) is 5.11 Å². The minimum absolute atomic E-state index is 0.443. The lowest BCUT2D eigenvalue weighted by Gasteiger charge is -2.11. The van der Waals surface area contributed by atoms with Crippen molar-refractivity contribution >= 4 is 52.1 Å². The van der Waals surface area contributed by atoms with Crippen molar-refractivity contribution in [1.29, 1.82) is 0 Å². The molecule has 0 saturated heterocycles. The number of rotatable bonds is 4. The maximum Gasteiger partial charge on any atom is 0.248 e. The molecule has 0 atom stereocenters. The summed E-state index contributed by atoms with van der Waals surface area (Å²) in [4.78, 5) is 11.0. The van der Waals surface area contributed by atoms with Gasteiger partial charge in [0.2, 0.25) is 5.91 Å². The molecule has 0 aromatic heterocycles. The van der Waals surface area contributed by atoms with Crippen molar-refractivity contribution in [2.24, 2.45) is 5.73 Å². The van der Waals surface area contributed by atoms with Crippen LogP contribution in [0.15, 0.2) is 42.5 Å². The van der Waals surface area contributed by atoms with Crippen LogP contribution in [-0.2, 0) is 6.54 Å². The van der Waals surface area contributed by atoms with Crippen LogP contribution in [0.25, 0.3) is 0 Å². The number of anilines is 1. The van der Waals surface area contributed by atoms with E-state index in [0.29, 0.717) is 27.3 Å². The van der Waals surface area contributed by atoms with Crippen LogP contribution in [0, 0.1) is 0 Å². The van der Waals surface area contributed by atoms with Crippen LogP contribution in [0.5, 0.6) is 0 Å². The quantitative estimate of drug-likeness (QED) is 0.735. The SMILES string of the molecule is NC(=O)c1ccc(NC(=S)NCc2cc(Cl)cc(Cl)c2)cc1. The molecule has 1 amide bonds. The first-order valence-electron chi connectivity index (χ1n) is 6.34. The molecule has 0 aliphatic heterocycles. The summed E-state index contributed by atoms with van der Waals surface area (Å²) in [5, 5.41) is 7.66. The van der Waals surface area contributed by atoms with Gasteiger partial charge in [-0.2, -0.15) is 0 Å². The van der Waals surface area contributed by atoms with Crippen LogP contribution in [0.2, 0.25) is 10.0 Å². The van der Waals surface area contributed by atoms with Crippen molar-refractivity contribution in [3.05, 3.63) is 63.6 Å². The molecule has 0 fully saturated rings. The summed E-state index contributed by atoms with van der Waals surface area (Å²) in [7, 11) is 0. The number of nitrogens with one attached hydrogen (secondary N) is 2. The molecule has 114 valence electrons. The van der Waals surface area contributed by atoms with Gasteiger partial charge in [0, 0.05) is 27.8 Å². The van der Waals surface area contributed by atoms with E-state index in [0.717, 1.165) is 11.3 Å². The van der Waals surface area contributed by atoms with Crippen molar-refractivity contribution in [3.8, 4) is 0 Å². The molecule has 2 rings (SSSR count). The number of hydrogen-bond donors (Lipinski definition) is 3. The Kier molecular flexibility index (Phi) is 5.60. The summed E-state index contributed by atoms with van der Waals surface area (Å²) in [5.41, 5.74) is 7.30. The Morgan fingerprint density at radius 2 is 1.68 bits per heavy atom. The molecule has 4 N–H and O–H groups in total. The van der Waals surface area contributed by atoms with Crippen molar-refractivity contribution in [3.63, 3.8) is 0 Å². The summed E-state index contributed by atoms with van der Waals surface area (Å²) < 4.78 is 0. The number of nitrogens with two attached hydrogens (primary N) is 1. The fraction of sp³-hybridized carbons (Fsp3) is 0.0667. The Morgan fingerprint density at radius 3 is 2.23 bits per heavy atom. The predicted octanol–water partition coefficient (Wildman–Crippen LogP) is 3.58. The highest BCUT2D eigenvalue weighted by Crippen LogP contribution is 2.19. The van der Waals surface area contributed by atoms with Crippen molar-refractivity contribution in [2.75, 3.05) is 5.32 Å². The van der Waals surface area contributed by atoms with Gasteiger partial charge < -0.3 is 16.4 Å². The number of amides is 1. The van der Waals surface area contributed by atoms with Gasteiger partial charge in [-0.3, -0.25) is 4.79 Å². The van der Waals surface area contributed by atoms with E-state index >= 15 is 0 Å². The molecule has 0 saturated carbocycles. The zero-order valence-corrected chi connectivity index (χ0v) is 13.7. The first-order valence-corrected chi connectivity index (χ1v) is 7.50. The lowest BCUT2D eigenvalue weighted by Crippen LogP contribution is -2.27. The predicted molar refractivity (Wildman–Crippen MR) is 94.5 cm³/mol. The van der Waals surface area contributed by atoms with Crippen LogP contribution in [0.3, 0.4) is 0 Å². The van der Waals surface area contributed by atoms with Crippen LogP contribution < -0.4 is 16.4 Å². The first kappa shape index (κ1) is 16.5. The Bertz CT molecular complexity index is 684. The molecule has 4 nitrogen and oxygen atoms in total. The van der Waals surface area contributed by atoms with E-state index in [1.807, 2.05) is 12.1 Å². The summed E-state index contributed by atoms with van der Waals surface area (Å²) in [5.74, 6) is -0.468. The van der Waals surface area contributed by atoms with Crippen molar-refractivity contribution in [1.82, 2.24) is 5.32 Å². The summed E-state index contributed by atoms with van der Waals surface area (Å²) in [6.45, 7) is 0.492. The largest absolute Gasteiger partial charge is 0.366 e. The van der Waals surface area contributed by atoms with Gasteiger partial charge in [-0.25, -0.2) is 0 Å². The molecule has 0 radical (unpaired) electrons. The Balaban J connectivity index is 1.91. The second-order valence-electron chi connectivity index (χ2n) is 4.53. The standard InChI is InChI=1S/C15H13Cl2N3OS/c16-11-5-9(6-12(17)7-11)8-19-15(22)20-13-3-1-10(2-4-13)14(18)21/h1-7H,8H2,(H2,18,21)(H2,19,20,22). The molecule has 22 heavy (non-hydrogen) atoms. The van der Waals surface area contributed by atoms with Crippen LogP contribution in [-0.4, -0.2) is 11.0 Å². The summed E-state index contributed by atoms with van der Waals surface area (Å²) in [6.07, 6.45) is 0. The van der Waals surface area contributed by atoms with E-state index in [1.165, 1.54) is 0 Å². The minimum atomic E-state index is -0.468. The van der Waals surface area contributed by atoms with Crippen molar-refractivity contribution in [2.45, 2.75) is 6.54 Å². The second-order valence-corrected chi connectivity index (χ2v) is 5.81. The third-order valence-corrected chi connectivity index (χ3v) is 3.49. The zero-order chi connectivity index (χ0) is 16.1. The van der Waals surface area contributed by atoms with Gasteiger partial charge in [0.05, 0.1) is 0 Å². The molecule has 2 aromatic carbocycles. The van der Waals surface area contributed by atoms with Gasteiger partial charge >= 0.3 is 0 Å². The number of carbonyl (C=O) groups excluding carboxylic acids is 1. The number of carbonyl (C=O) groups is 1. The highest BCUT2D eigenvalue weighted by Gasteiger charge is 2.03. The highest BCUT2D eigenvalue weighted by atomic mass is 35.5. The third-order valence-electron chi connectivity index (χ3n) is 2.80. The smallest absolute Gasteiger partial charge is 0.248 e. The van der Waals surface area contributed by atoms with Gasteiger partial charge in [-0.1, -0.05) is 23.2 Å². The average Bonchev–Trinajstić information content (AvgIpc) is 2.45. The molecule has 0 heterocycles. The molecule has 0 aliphatic rings. The maximum atomic E-state index is 11.0. The molecule has 7 heteroatoms. The Hall–Kier alpha value is -1.82. The Labute approximate surface area is 143 Å². The lowest BCUT2D eigenvalue weighted by atomic mass is 10.2. The van der Waals surface area contributed by atoms with Gasteiger partial charge in [-0.05, 0) is 60.2 Å². The number of halogens is 2. The highest BCUT2D eigenvalue weighted by molar-refractivity contribution is 7.80. The van der Waals surface area contributed by atoms with E-state index in [1.54, 1.807) is 30.3 Å². The average molecular weight is 354 g/mol. The molecule has 0 bridgehead atoms. The zero-order valence-electron chi connectivity index (χ0n) is 11.4. The topological polar surface area (TPSA) is 67.2 Å². The molecule has 0 unspecified atom stereocenters. The monoisotopic (exact) mass is 353 g/mol. The number of primary amides is 1. The van der Waals surface area contributed by atoms with Crippen LogP contribution >= 0.6 is 35.4 Å². The van der Waals surface area contributed by atoms with Gasteiger partial charge in [0.25, 0.3) is 0 Å². The molecule has 0 aliphatic carbocycles. The molecule has 2 aromatic rings.